The van der Waals surface area contributed by atoms with Crippen molar-refractivity contribution in [3.63, 3.8) is 0 Å². The number of hydrogen-bond donors (Lipinski definition) is 2. The lowest BCUT2D eigenvalue weighted by molar-refractivity contribution is -0.137. The molecule has 0 radical (unpaired) electrons. The molecule has 1 unspecified atom stereocenters. The van der Waals surface area contributed by atoms with Crippen LogP contribution in [0.1, 0.15) is 33.9 Å². The number of amides is 2. The molecule has 2 amide bonds. The van der Waals surface area contributed by atoms with Crippen molar-refractivity contribution in [1.82, 2.24) is 20.1 Å². The first kappa shape index (κ1) is 23.7. The highest BCUT2D eigenvalue weighted by molar-refractivity contribution is 5.96. The molecule has 0 aliphatic carbocycles. The molecule has 10 heteroatoms. The van der Waals surface area contributed by atoms with Crippen LogP contribution in [-0.4, -0.2) is 26.6 Å². The Hall–Kier alpha value is -4.47. The zero-order chi connectivity index (χ0) is 24.8. The summed E-state index contributed by atoms with van der Waals surface area (Å²) in [6, 6.07) is 19.6. The largest absolute Gasteiger partial charge is 0.416 e. The van der Waals surface area contributed by atoms with Gasteiger partial charge in [0.2, 0.25) is 5.91 Å². The third-order valence-corrected chi connectivity index (χ3v) is 5.20. The molecule has 0 aliphatic rings. The molecule has 0 saturated heterocycles. The molecule has 178 valence electrons. The Morgan fingerprint density at radius 3 is 2.26 bits per heavy atom. The molecule has 3 aromatic carbocycles. The number of carbonyl (C=O) groups excluding carboxylic acids is 2. The van der Waals surface area contributed by atoms with Gasteiger partial charge in [-0.25, -0.2) is 9.67 Å². The van der Waals surface area contributed by atoms with Crippen LogP contribution in [0.4, 0.5) is 18.9 Å². The topological polar surface area (TPSA) is 88.9 Å². The molecule has 35 heavy (non-hydrogen) atoms. The fraction of sp³-hybridized carbons (Fsp3) is 0.120. The molecule has 7 nitrogen and oxygen atoms in total. The van der Waals surface area contributed by atoms with Gasteiger partial charge in [0.05, 0.1) is 29.4 Å². The lowest BCUT2D eigenvalue weighted by Gasteiger charge is -2.20. The second-order valence-electron chi connectivity index (χ2n) is 7.62. The van der Waals surface area contributed by atoms with Crippen LogP contribution in [0.2, 0.25) is 0 Å². The van der Waals surface area contributed by atoms with E-state index < -0.39 is 23.7 Å². The first-order valence-electron chi connectivity index (χ1n) is 10.6. The van der Waals surface area contributed by atoms with Gasteiger partial charge in [0.1, 0.15) is 12.7 Å². The first-order chi connectivity index (χ1) is 16.8. The number of nitrogens with zero attached hydrogens (tertiary/aromatic N) is 3. The molecule has 0 aliphatic heterocycles. The molecular weight excluding hydrogens is 459 g/mol. The molecular formula is C25H20F3N5O2. The molecule has 4 rings (SSSR count). The maximum Gasteiger partial charge on any atom is 0.416 e. The minimum atomic E-state index is -4.60. The lowest BCUT2D eigenvalue weighted by Crippen LogP contribution is -2.31. The summed E-state index contributed by atoms with van der Waals surface area (Å²) in [4.78, 5) is 29.6. The normalized spacial score (nSPS) is 12.1. The van der Waals surface area contributed by atoms with Gasteiger partial charge in [-0.1, -0.05) is 48.5 Å². The van der Waals surface area contributed by atoms with Gasteiger partial charge >= 0.3 is 6.18 Å². The predicted octanol–water partition coefficient (Wildman–Crippen LogP) is 4.79. The fourth-order valence-corrected chi connectivity index (χ4v) is 3.50. The molecule has 1 heterocycles. The minimum absolute atomic E-state index is 0.0866. The first-order valence-corrected chi connectivity index (χ1v) is 10.6. The summed E-state index contributed by atoms with van der Waals surface area (Å²) in [6.45, 7) is 0. The summed E-state index contributed by atoms with van der Waals surface area (Å²) in [5.41, 5.74) is 0.297. The van der Waals surface area contributed by atoms with Gasteiger partial charge in [-0.05, 0) is 35.9 Å². The van der Waals surface area contributed by atoms with E-state index in [9.17, 15) is 22.8 Å². The van der Waals surface area contributed by atoms with Crippen molar-refractivity contribution in [1.29, 1.82) is 0 Å². The van der Waals surface area contributed by atoms with Crippen molar-refractivity contribution in [2.45, 2.75) is 18.6 Å². The highest BCUT2D eigenvalue weighted by atomic mass is 19.4. The average Bonchev–Trinajstić information content (AvgIpc) is 3.39. The van der Waals surface area contributed by atoms with Crippen LogP contribution in [0, 0.1) is 0 Å². The van der Waals surface area contributed by atoms with Crippen molar-refractivity contribution in [2.24, 2.45) is 0 Å². The van der Waals surface area contributed by atoms with Crippen LogP contribution in [0.25, 0.3) is 5.69 Å². The van der Waals surface area contributed by atoms with Gasteiger partial charge in [-0.3, -0.25) is 9.59 Å². The van der Waals surface area contributed by atoms with Crippen LogP contribution < -0.4 is 10.6 Å². The van der Waals surface area contributed by atoms with E-state index in [0.29, 0.717) is 11.1 Å². The molecule has 0 saturated carbocycles. The number of hydrogen-bond acceptors (Lipinski definition) is 4. The highest BCUT2D eigenvalue weighted by Gasteiger charge is 2.31. The summed E-state index contributed by atoms with van der Waals surface area (Å²) < 4.78 is 41.2. The van der Waals surface area contributed by atoms with Crippen molar-refractivity contribution >= 4 is 17.5 Å². The maximum atomic E-state index is 13.3. The predicted molar refractivity (Wildman–Crippen MR) is 123 cm³/mol. The Bertz CT molecular complexity index is 1290. The van der Waals surface area contributed by atoms with Crippen molar-refractivity contribution in [2.75, 3.05) is 5.32 Å². The zero-order valence-corrected chi connectivity index (χ0v) is 18.2. The smallest absolute Gasteiger partial charge is 0.345 e. The number of halogens is 3. The number of nitrogens with one attached hydrogen (secondary N) is 2. The fourth-order valence-electron chi connectivity index (χ4n) is 3.50. The van der Waals surface area contributed by atoms with Gasteiger partial charge in [-0.15, -0.1) is 0 Å². The van der Waals surface area contributed by atoms with E-state index in [2.05, 4.69) is 20.7 Å². The molecule has 1 aromatic heterocycles. The Labute approximate surface area is 198 Å². The van der Waals surface area contributed by atoms with Gasteiger partial charge in [-0.2, -0.15) is 18.3 Å². The summed E-state index contributed by atoms with van der Waals surface area (Å²) in [6.07, 6.45) is -2.27. The van der Waals surface area contributed by atoms with E-state index in [-0.39, 0.29) is 23.7 Å². The van der Waals surface area contributed by atoms with Crippen molar-refractivity contribution < 1.29 is 22.8 Å². The van der Waals surface area contributed by atoms with Crippen molar-refractivity contribution in [3.8, 4) is 5.69 Å². The number of aromatic nitrogens is 3. The summed E-state index contributed by atoms with van der Waals surface area (Å²) >= 11 is 0. The second-order valence-corrected chi connectivity index (χ2v) is 7.62. The van der Waals surface area contributed by atoms with Crippen LogP contribution in [0.3, 0.4) is 0 Å². The van der Waals surface area contributed by atoms with E-state index in [1.165, 1.54) is 23.4 Å². The molecule has 0 fully saturated rings. The Morgan fingerprint density at radius 1 is 0.943 bits per heavy atom. The van der Waals surface area contributed by atoms with E-state index in [1.54, 1.807) is 60.7 Å². The Morgan fingerprint density at radius 2 is 1.63 bits per heavy atom. The summed E-state index contributed by atoms with van der Waals surface area (Å²) in [5, 5.41) is 9.33. The van der Waals surface area contributed by atoms with Crippen LogP contribution >= 0.6 is 0 Å². The third kappa shape index (κ3) is 5.91. The van der Waals surface area contributed by atoms with Crippen molar-refractivity contribution in [3.05, 3.63) is 108 Å². The molecule has 2 N–H and O–H groups in total. The van der Waals surface area contributed by atoms with Gasteiger partial charge < -0.3 is 10.6 Å². The highest BCUT2D eigenvalue weighted by Crippen LogP contribution is 2.33. The Kier molecular flexibility index (Phi) is 6.91. The van der Waals surface area contributed by atoms with Gasteiger partial charge in [0.25, 0.3) is 5.91 Å². The molecule has 4 aromatic rings. The quantitative estimate of drug-likeness (QED) is 0.399. The number of benzene rings is 3. The van der Waals surface area contributed by atoms with Crippen LogP contribution in [-0.2, 0) is 11.0 Å². The molecule has 0 bridgehead atoms. The number of rotatable bonds is 7. The van der Waals surface area contributed by atoms with Crippen LogP contribution in [0.5, 0.6) is 0 Å². The number of anilines is 1. The van der Waals surface area contributed by atoms with Gasteiger partial charge in [0, 0.05) is 5.56 Å². The van der Waals surface area contributed by atoms with E-state index in [1.807, 2.05) is 0 Å². The van der Waals surface area contributed by atoms with Crippen LogP contribution in [0.15, 0.2) is 91.5 Å². The summed E-state index contributed by atoms with van der Waals surface area (Å²) in [5.74, 6) is -0.970. The maximum absolute atomic E-state index is 13.3. The summed E-state index contributed by atoms with van der Waals surface area (Å²) in [7, 11) is 0. The van der Waals surface area contributed by atoms with E-state index in [0.717, 1.165) is 12.1 Å². The standard InChI is InChI=1S/C25H20F3N5O2/c26-25(27,28)19-11-12-22(33-16-29-15-30-33)21(13-19)31-23(34)14-20(17-7-3-1-4-8-17)32-24(35)18-9-5-2-6-10-18/h1-13,15-16,20H,14H2,(H,31,34)(H,32,35). The third-order valence-electron chi connectivity index (χ3n) is 5.20. The number of alkyl halides is 3. The second kappa shape index (κ2) is 10.2. The molecule has 1 atom stereocenters. The zero-order valence-electron chi connectivity index (χ0n) is 18.2. The Balaban J connectivity index is 1.59. The molecule has 0 spiro atoms. The average molecular weight is 479 g/mol. The SMILES string of the molecule is O=C(CC(NC(=O)c1ccccc1)c1ccccc1)Nc1cc(C(F)(F)F)ccc1-n1cncn1. The van der Waals surface area contributed by atoms with E-state index in [4.69, 9.17) is 0 Å². The monoisotopic (exact) mass is 479 g/mol. The van der Waals surface area contributed by atoms with Gasteiger partial charge in [0.15, 0.2) is 0 Å². The number of carbonyl (C=O) groups is 2. The van der Waals surface area contributed by atoms with E-state index >= 15 is 0 Å². The minimum Gasteiger partial charge on any atom is -0.345 e. The lowest BCUT2D eigenvalue weighted by atomic mass is 10.0.